The Labute approximate surface area is 117 Å². The van der Waals surface area contributed by atoms with Crippen molar-refractivity contribution in [1.29, 1.82) is 0 Å². The number of hydrogen-bond donors (Lipinski definition) is 2. The fraction of sp³-hybridized carbons (Fsp3) is 0.500. The van der Waals surface area contributed by atoms with Gasteiger partial charge in [0.1, 0.15) is 5.82 Å². The molecule has 1 aromatic rings. The van der Waals surface area contributed by atoms with Crippen LogP contribution in [0.15, 0.2) is 24.3 Å². The molecule has 0 spiro atoms. The van der Waals surface area contributed by atoms with E-state index in [9.17, 15) is 9.18 Å². The number of halogens is 1. The van der Waals surface area contributed by atoms with Crippen LogP contribution in [0.2, 0.25) is 0 Å². The molecule has 1 saturated carbocycles. The summed E-state index contributed by atoms with van der Waals surface area (Å²) < 4.78 is 13.0. The number of anilines is 1. The number of carbonyl (C=O) groups is 1. The summed E-state index contributed by atoms with van der Waals surface area (Å²) in [5, 5.41) is 6.66. The second-order valence-electron chi connectivity index (χ2n) is 4.81. The van der Waals surface area contributed by atoms with Crippen LogP contribution in [-0.4, -0.2) is 30.0 Å². The molecule has 3 nitrogen and oxygen atoms in total. The maximum Gasteiger partial charge on any atom is 0.238 e. The number of nitrogens with one attached hydrogen (secondary N) is 2. The third kappa shape index (κ3) is 4.51. The first-order valence-corrected chi connectivity index (χ1v) is 7.78. The van der Waals surface area contributed by atoms with Crippen molar-refractivity contribution in [1.82, 2.24) is 5.32 Å². The molecule has 0 aliphatic heterocycles. The van der Waals surface area contributed by atoms with Gasteiger partial charge >= 0.3 is 0 Å². The quantitative estimate of drug-likeness (QED) is 0.872. The molecule has 2 N–H and O–H groups in total. The molecule has 2 unspecified atom stereocenters. The van der Waals surface area contributed by atoms with Crippen LogP contribution in [0.25, 0.3) is 0 Å². The fourth-order valence-corrected chi connectivity index (χ4v) is 3.14. The van der Waals surface area contributed by atoms with Gasteiger partial charge < -0.3 is 10.6 Å². The summed E-state index contributed by atoms with van der Waals surface area (Å²) in [5.74, 6) is -0.470. The molecule has 0 aromatic heterocycles. The Bertz CT molecular complexity index is 441. The number of benzene rings is 1. The normalized spacial score (nSPS) is 22.4. The van der Waals surface area contributed by atoms with Gasteiger partial charge in [-0.1, -0.05) is 6.07 Å². The largest absolute Gasteiger partial charge is 0.325 e. The number of thioether (sulfide) groups is 1. The van der Waals surface area contributed by atoms with Gasteiger partial charge in [-0.25, -0.2) is 4.39 Å². The van der Waals surface area contributed by atoms with E-state index in [1.165, 1.54) is 18.6 Å². The highest BCUT2D eigenvalue weighted by molar-refractivity contribution is 7.99. The van der Waals surface area contributed by atoms with Crippen molar-refractivity contribution in [2.75, 3.05) is 18.1 Å². The maximum absolute atomic E-state index is 13.0. The lowest BCUT2D eigenvalue weighted by Gasteiger charge is -2.12. The predicted octanol–water partition coefficient (Wildman–Crippen LogP) is 2.64. The highest BCUT2D eigenvalue weighted by Gasteiger charge is 2.23. The summed E-state index contributed by atoms with van der Waals surface area (Å²) >= 11 is 1.89. The Morgan fingerprint density at radius 2 is 2.32 bits per heavy atom. The van der Waals surface area contributed by atoms with E-state index in [0.29, 0.717) is 17.0 Å². The second kappa shape index (κ2) is 6.91. The summed E-state index contributed by atoms with van der Waals surface area (Å²) in [6, 6.07) is 6.36. The Morgan fingerprint density at radius 1 is 1.47 bits per heavy atom. The number of carbonyl (C=O) groups excluding carboxylic acids is 1. The van der Waals surface area contributed by atoms with E-state index in [1.807, 2.05) is 11.8 Å². The van der Waals surface area contributed by atoms with Crippen LogP contribution in [0.4, 0.5) is 10.1 Å². The smallest absolute Gasteiger partial charge is 0.238 e. The van der Waals surface area contributed by atoms with Gasteiger partial charge in [0.2, 0.25) is 5.91 Å². The van der Waals surface area contributed by atoms with Gasteiger partial charge in [-0.05, 0) is 43.7 Å². The lowest BCUT2D eigenvalue weighted by Crippen LogP contribution is -2.34. The van der Waals surface area contributed by atoms with Crippen LogP contribution in [0.5, 0.6) is 0 Å². The zero-order chi connectivity index (χ0) is 13.7. The standard InChI is InChI=1S/C14H19FN2OS/c1-19-13-6-5-11(8-13)16-9-14(18)17-12-4-2-3-10(15)7-12/h2-4,7,11,13,16H,5-6,8-9H2,1H3,(H,17,18). The molecule has 0 saturated heterocycles. The van der Waals surface area contributed by atoms with Crippen molar-refractivity contribution in [2.45, 2.75) is 30.6 Å². The Balaban J connectivity index is 1.73. The van der Waals surface area contributed by atoms with E-state index in [4.69, 9.17) is 0 Å². The van der Waals surface area contributed by atoms with Gasteiger partial charge in [0.25, 0.3) is 0 Å². The number of hydrogen-bond acceptors (Lipinski definition) is 3. The minimum absolute atomic E-state index is 0.127. The molecular weight excluding hydrogens is 263 g/mol. The van der Waals surface area contributed by atoms with Crippen LogP contribution in [0.3, 0.4) is 0 Å². The predicted molar refractivity (Wildman–Crippen MR) is 78.0 cm³/mol. The first-order valence-electron chi connectivity index (χ1n) is 6.49. The van der Waals surface area contributed by atoms with Gasteiger partial charge in [0.05, 0.1) is 6.54 Å². The monoisotopic (exact) mass is 282 g/mol. The van der Waals surface area contributed by atoms with Crippen molar-refractivity contribution >= 4 is 23.4 Å². The van der Waals surface area contributed by atoms with E-state index in [2.05, 4.69) is 16.9 Å². The van der Waals surface area contributed by atoms with Crippen LogP contribution >= 0.6 is 11.8 Å². The van der Waals surface area contributed by atoms with Crippen molar-refractivity contribution < 1.29 is 9.18 Å². The third-order valence-electron chi connectivity index (χ3n) is 3.38. The van der Waals surface area contributed by atoms with E-state index in [-0.39, 0.29) is 18.3 Å². The van der Waals surface area contributed by atoms with Crippen molar-refractivity contribution in [3.8, 4) is 0 Å². The summed E-state index contributed by atoms with van der Waals surface area (Å²) in [6.07, 6.45) is 5.58. The minimum atomic E-state index is -0.343. The summed E-state index contributed by atoms with van der Waals surface area (Å²) in [4.78, 5) is 11.7. The molecular formula is C14H19FN2OS. The molecule has 1 aliphatic carbocycles. The van der Waals surface area contributed by atoms with Gasteiger partial charge in [0, 0.05) is 17.0 Å². The molecule has 5 heteroatoms. The van der Waals surface area contributed by atoms with Gasteiger partial charge in [-0.3, -0.25) is 4.79 Å². The van der Waals surface area contributed by atoms with E-state index in [1.54, 1.807) is 12.1 Å². The summed E-state index contributed by atoms with van der Waals surface area (Å²) in [6.45, 7) is 0.280. The molecule has 19 heavy (non-hydrogen) atoms. The molecule has 1 fully saturated rings. The average molecular weight is 282 g/mol. The minimum Gasteiger partial charge on any atom is -0.325 e. The molecule has 2 rings (SSSR count). The van der Waals surface area contributed by atoms with E-state index in [0.717, 1.165) is 12.8 Å². The molecule has 0 heterocycles. The number of rotatable bonds is 5. The summed E-state index contributed by atoms with van der Waals surface area (Å²) in [5.41, 5.74) is 0.500. The maximum atomic E-state index is 13.0. The lowest BCUT2D eigenvalue weighted by molar-refractivity contribution is -0.115. The summed E-state index contributed by atoms with van der Waals surface area (Å²) in [7, 11) is 0. The van der Waals surface area contributed by atoms with E-state index >= 15 is 0 Å². The lowest BCUT2D eigenvalue weighted by atomic mass is 10.2. The highest BCUT2D eigenvalue weighted by Crippen LogP contribution is 2.27. The van der Waals surface area contributed by atoms with Crippen LogP contribution < -0.4 is 10.6 Å². The second-order valence-corrected chi connectivity index (χ2v) is 5.95. The number of amides is 1. The highest BCUT2D eigenvalue weighted by atomic mass is 32.2. The topological polar surface area (TPSA) is 41.1 Å². The first kappa shape index (κ1) is 14.3. The molecule has 1 amide bonds. The first-order chi connectivity index (χ1) is 9.17. The molecule has 0 radical (unpaired) electrons. The molecule has 0 bridgehead atoms. The van der Waals surface area contributed by atoms with Crippen LogP contribution in [0.1, 0.15) is 19.3 Å². The molecule has 2 atom stereocenters. The molecule has 104 valence electrons. The van der Waals surface area contributed by atoms with Crippen molar-refractivity contribution in [3.05, 3.63) is 30.1 Å². The van der Waals surface area contributed by atoms with Crippen LogP contribution in [0, 0.1) is 5.82 Å². The Hall–Kier alpha value is -1.07. The Kier molecular flexibility index (Phi) is 5.22. The van der Waals surface area contributed by atoms with Crippen LogP contribution in [-0.2, 0) is 4.79 Å². The van der Waals surface area contributed by atoms with Gasteiger partial charge in [-0.15, -0.1) is 0 Å². The van der Waals surface area contributed by atoms with Gasteiger partial charge in [0.15, 0.2) is 0 Å². The average Bonchev–Trinajstić information content (AvgIpc) is 2.84. The van der Waals surface area contributed by atoms with Gasteiger partial charge in [-0.2, -0.15) is 11.8 Å². The van der Waals surface area contributed by atoms with E-state index < -0.39 is 0 Å². The molecule has 1 aliphatic rings. The SMILES string of the molecule is CSC1CCC(NCC(=O)Nc2cccc(F)c2)C1. The molecule has 1 aromatic carbocycles. The third-order valence-corrected chi connectivity index (χ3v) is 4.47. The van der Waals surface area contributed by atoms with Crippen molar-refractivity contribution in [2.24, 2.45) is 0 Å². The fourth-order valence-electron chi connectivity index (χ4n) is 2.35. The van der Waals surface area contributed by atoms with Crippen molar-refractivity contribution in [3.63, 3.8) is 0 Å². The Morgan fingerprint density at radius 3 is 3.00 bits per heavy atom. The zero-order valence-corrected chi connectivity index (χ0v) is 11.8. The zero-order valence-electron chi connectivity index (χ0n) is 11.0.